The second kappa shape index (κ2) is 7.31. The predicted molar refractivity (Wildman–Crippen MR) is 84.0 cm³/mol. The molecule has 0 saturated heterocycles. The second-order valence-electron chi connectivity index (χ2n) is 4.56. The number of aryl methyl sites for hydroxylation is 1. The molecule has 0 saturated carbocycles. The first-order valence-corrected chi connectivity index (χ1v) is 7.68. The number of carbonyl (C=O) groups is 1. The van der Waals surface area contributed by atoms with Gasteiger partial charge in [0.1, 0.15) is 23.6 Å². The summed E-state index contributed by atoms with van der Waals surface area (Å²) in [6.07, 6.45) is 0.612. The third kappa shape index (κ3) is 3.47. The molecule has 0 radical (unpaired) electrons. The molecule has 0 unspecified atom stereocenters. The van der Waals surface area contributed by atoms with Gasteiger partial charge in [-0.15, -0.1) is 11.6 Å². The van der Waals surface area contributed by atoms with Crippen LogP contribution in [0.1, 0.15) is 19.7 Å². The molecule has 0 bridgehead atoms. The number of ether oxygens (including phenoxy) is 1. The molecule has 1 amide bonds. The first-order valence-electron chi connectivity index (χ1n) is 7.14. The van der Waals surface area contributed by atoms with E-state index in [0.717, 1.165) is 22.6 Å². The van der Waals surface area contributed by atoms with Crippen molar-refractivity contribution in [1.82, 2.24) is 14.9 Å². The number of para-hydroxylation sites is 1. The number of hydrogen-bond acceptors (Lipinski definition) is 3. The Morgan fingerprint density at radius 1 is 1.43 bits per heavy atom. The Bertz CT molecular complexity index is 625. The lowest BCUT2D eigenvalue weighted by Crippen LogP contribution is -2.27. The van der Waals surface area contributed by atoms with Gasteiger partial charge < -0.3 is 14.6 Å². The summed E-state index contributed by atoms with van der Waals surface area (Å²) in [6, 6.07) is 5.75. The maximum absolute atomic E-state index is 11.9. The molecule has 0 aliphatic rings. The van der Waals surface area contributed by atoms with E-state index in [4.69, 9.17) is 16.3 Å². The van der Waals surface area contributed by atoms with Crippen LogP contribution < -0.4 is 10.1 Å². The number of alkyl halides is 1. The van der Waals surface area contributed by atoms with Gasteiger partial charge in [-0.1, -0.05) is 6.07 Å². The lowest BCUT2D eigenvalue weighted by Gasteiger charge is -2.08. The number of amides is 1. The van der Waals surface area contributed by atoms with Crippen molar-refractivity contribution in [2.75, 3.05) is 19.0 Å². The second-order valence-corrected chi connectivity index (χ2v) is 4.94. The Morgan fingerprint density at radius 2 is 2.24 bits per heavy atom. The SMILES string of the molecule is CCNC(=O)Cn1c(CCCl)nc2c(OCC)cccc21. The maximum Gasteiger partial charge on any atom is 0.239 e. The highest BCUT2D eigenvalue weighted by Crippen LogP contribution is 2.26. The third-order valence-electron chi connectivity index (χ3n) is 3.11. The molecule has 0 spiro atoms. The third-order valence-corrected chi connectivity index (χ3v) is 3.30. The molecule has 0 atom stereocenters. The molecule has 2 rings (SSSR count). The van der Waals surface area contributed by atoms with E-state index >= 15 is 0 Å². The van der Waals surface area contributed by atoms with Crippen molar-refractivity contribution in [1.29, 1.82) is 0 Å². The van der Waals surface area contributed by atoms with Crippen LogP contribution in [0.15, 0.2) is 18.2 Å². The number of halogens is 1. The van der Waals surface area contributed by atoms with E-state index in [-0.39, 0.29) is 12.5 Å². The van der Waals surface area contributed by atoms with Crippen LogP contribution in [0.4, 0.5) is 0 Å². The first-order chi connectivity index (χ1) is 10.2. The Morgan fingerprint density at radius 3 is 2.90 bits per heavy atom. The van der Waals surface area contributed by atoms with Crippen LogP contribution in [0.2, 0.25) is 0 Å². The van der Waals surface area contributed by atoms with Gasteiger partial charge >= 0.3 is 0 Å². The van der Waals surface area contributed by atoms with Gasteiger partial charge in [-0.3, -0.25) is 4.79 Å². The molecule has 0 aliphatic heterocycles. The molecule has 21 heavy (non-hydrogen) atoms. The molecular formula is C15H20ClN3O2. The molecule has 1 heterocycles. The number of rotatable bonds is 7. The number of benzene rings is 1. The molecule has 6 heteroatoms. The van der Waals surface area contributed by atoms with Crippen LogP contribution in [0.5, 0.6) is 5.75 Å². The van der Waals surface area contributed by atoms with Crippen LogP contribution in [0.25, 0.3) is 11.0 Å². The van der Waals surface area contributed by atoms with Crippen molar-refractivity contribution in [3.05, 3.63) is 24.0 Å². The van der Waals surface area contributed by atoms with Crippen molar-refractivity contribution in [3.63, 3.8) is 0 Å². The largest absolute Gasteiger partial charge is 0.492 e. The molecule has 1 N–H and O–H groups in total. The number of hydrogen-bond donors (Lipinski definition) is 1. The summed E-state index contributed by atoms with van der Waals surface area (Å²) in [5.41, 5.74) is 1.68. The van der Waals surface area contributed by atoms with Gasteiger partial charge in [0.05, 0.1) is 12.1 Å². The van der Waals surface area contributed by atoms with E-state index in [9.17, 15) is 4.79 Å². The minimum absolute atomic E-state index is 0.0329. The van der Waals surface area contributed by atoms with Crippen LogP contribution in [0.3, 0.4) is 0 Å². The lowest BCUT2D eigenvalue weighted by molar-refractivity contribution is -0.121. The first kappa shape index (κ1) is 15.6. The monoisotopic (exact) mass is 309 g/mol. The van der Waals surface area contributed by atoms with Crippen molar-refractivity contribution in [3.8, 4) is 5.75 Å². The molecular weight excluding hydrogens is 290 g/mol. The van der Waals surface area contributed by atoms with Gasteiger partial charge in [0.2, 0.25) is 5.91 Å². The summed E-state index contributed by atoms with van der Waals surface area (Å²) in [5.74, 6) is 1.97. The van der Waals surface area contributed by atoms with E-state index in [1.807, 2.05) is 36.6 Å². The van der Waals surface area contributed by atoms with E-state index in [2.05, 4.69) is 10.3 Å². The van der Waals surface area contributed by atoms with Gasteiger partial charge in [0, 0.05) is 18.8 Å². The molecule has 1 aromatic carbocycles. The van der Waals surface area contributed by atoms with Crippen LogP contribution in [-0.2, 0) is 17.8 Å². The van der Waals surface area contributed by atoms with E-state index in [1.165, 1.54) is 0 Å². The smallest absolute Gasteiger partial charge is 0.239 e. The highest BCUT2D eigenvalue weighted by molar-refractivity contribution is 6.17. The summed E-state index contributed by atoms with van der Waals surface area (Å²) >= 11 is 5.85. The highest BCUT2D eigenvalue weighted by Gasteiger charge is 2.15. The van der Waals surface area contributed by atoms with Gasteiger partial charge in [0.25, 0.3) is 0 Å². The topological polar surface area (TPSA) is 56.2 Å². The number of nitrogens with one attached hydrogen (secondary N) is 1. The van der Waals surface area contributed by atoms with E-state index in [0.29, 0.717) is 25.5 Å². The number of nitrogens with zero attached hydrogens (tertiary/aromatic N) is 2. The molecule has 114 valence electrons. The molecule has 0 aliphatic carbocycles. The molecule has 2 aromatic rings. The van der Waals surface area contributed by atoms with Crippen LogP contribution in [0, 0.1) is 0 Å². The summed E-state index contributed by atoms with van der Waals surface area (Å²) in [5, 5.41) is 2.81. The zero-order valence-electron chi connectivity index (χ0n) is 12.4. The van der Waals surface area contributed by atoms with Gasteiger partial charge in [0.15, 0.2) is 0 Å². The average molecular weight is 310 g/mol. The predicted octanol–water partition coefficient (Wildman–Crippen LogP) is 2.35. The standard InChI is InChI=1S/C15H20ClN3O2/c1-3-17-14(20)10-19-11-6-5-7-12(21-4-2)15(11)18-13(19)8-9-16/h5-7H,3-4,8-10H2,1-2H3,(H,17,20). The minimum Gasteiger partial charge on any atom is -0.492 e. The fourth-order valence-corrected chi connectivity index (χ4v) is 2.46. The fraction of sp³-hybridized carbons (Fsp3) is 0.467. The Balaban J connectivity index is 2.47. The number of imidazole rings is 1. The number of likely N-dealkylation sites (N-methyl/N-ethyl adjacent to an activating group) is 1. The molecule has 1 aromatic heterocycles. The summed E-state index contributed by atoms with van der Waals surface area (Å²) in [7, 11) is 0. The van der Waals surface area contributed by atoms with Crippen molar-refractivity contribution in [2.24, 2.45) is 0 Å². The van der Waals surface area contributed by atoms with Crippen molar-refractivity contribution >= 4 is 28.5 Å². The minimum atomic E-state index is -0.0329. The maximum atomic E-state index is 11.9. The molecule has 0 fully saturated rings. The summed E-state index contributed by atoms with van der Waals surface area (Å²) in [6.45, 7) is 5.26. The highest BCUT2D eigenvalue weighted by atomic mass is 35.5. The van der Waals surface area contributed by atoms with E-state index in [1.54, 1.807) is 0 Å². The molecule has 5 nitrogen and oxygen atoms in total. The summed E-state index contributed by atoms with van der Waals surface area (Å²) < 4.78 is 7.52. The number of carbonyl (C=O) groups excluding carboxylic acids is 1. The average Bonchev–Trinajstić information content (AvgIpc) is 2.79. The van der Waals surface area contributed by atoms with Crippen molar-refractivity contribution in [2.45, 2.75) is 26.8 Å². The zero-order valence-corrected chi connectivity index (χ0v) is 13.1. The van der Waals surface area contributed by atoms with Gasteiger partial charge in [-0.05, 0) is 26.0 Å². The quantitative estimate of drug-likeness (QED) is 0.799. The van der Waals surface area contributed by atoms with Gasteiger partial charge in [-0.25, -0.2) is 4.98 Å². The lowest BCUT2D eigenvalue weighted by atomic mass is 10.3. The Labute approximate surface area is 129 Å². The summed E-state index contributed by atoms with van der Waals surface area (Å²) in [4.78, 5) is 16.5. The van der Waals surface area contributed by atoms with Crippen molar-refractivity contribution < 1.29 is 9.53 Å². The number of aromatic nitrogens is 2. The Hall–Kier alpha value is -1.75. The van der Waals surface area contributed by atoms with Crippen LogP contribution in [-0.4, -0.2) is 34.5 Å². The number of fused-ring (bicyclic) bond motifs is 1. The van der Waals surface area contributed by atoms with Gasteiger partial charge in [-0.2, -0.15) is 0 Å². The van der Waals surface area contributed by atoms with E-state index < -0.39 is 0 Å². The fourth-order valence-electron chi connectivity index (χ4n) is 2.29. The Kier molecular flexibility index (Phi) is 5.44. The zero-order chi connectivity index (χ0) is 15.2. The normalized spacial score (nSPS) is 10.8. The van der Waals surface area contributed by atoms with Crippen LogP contribution >= 0.6 is 11.6 Å².